The van der Waals surface area contributed by atoms with Gasteiger partial charge in [0, 0.05) is 98.1 Å². The van der Waals surface area contributed by atoms with E-state index in [0.717, 1.165) is 75.5 Å². The van der Waals surface area contributed by atoms with Crippen LogP contribution in [0.2, 0.25) is 0 Å². The number of thiazole rings is 2. The molecule has 40 heavy (non-hydrogen) atoms. The van der Waals surface area contributed by atoms with Gasteiger partial charge in [0.05, 0.1) is 0 Å². The molecule has 2 saturated heterocycles. The molecule has 0 spiro atoms. The van der Waals surface area contributed by atoms with E-state index in [-0.39, 0.29) is 11.8 Å². The van der Waals surface area contributed by atoms with Crippen molar-refractivity contribution in [1.82, 2.24) is 19.8 Å². The van der Waals surface area contributed by atoms with Crippen molar-refractivity contribution in [2.24, 2.45) is 0 Å². The van der Waals surface area contributed by atoms with Crippen molar-refractivity contribution in [3.8, 4) is 0 Å². The number of anilines is 2. The fourth-order valence-electron chi connectivity index (χ4n) is 4.72. The van der Waals surface area contributed by atoms with Gasteiger partial charge in [-0.2, -0.15) is 0 Å². The van der Waals surface area contributed by atoms with Gasteiger partial charge in [-0.05, 0) is 35.7 Å². The van der Waals surface area contributed by atoms with Crippen LogP contribution in [0.4, 0.5) is 10.3 Å². The summed E-state index contributed by atoms with van der Waals surface area (Å²) in [5.41, 5.74) is 0. The van der Waals surface area contributed by atoms with Crippen molar-refractivity contribution in [1.29, 1.82) is 0 Å². The molecule has 0 radical (unpaired) electrons. The fourth-order valence-corrected chi connectivity index (χ4v) is 7.54. The van der Waals surface area contributed by atoms with Gasteiger partial charge >= 0.3 is 0 Å². The normalized spacial score (nSPS) is 15.6. The third-order valence-corrected chi connectivity index (χ3v) is 10.5. The van der Waals surface area contributed by atoms with E-state index in [1.807, 2.05) is 45.1 Å². The number of hydrogen-bond acceptors (Lipinski definition) is 10. The van der Waals surface area contributed by atoms with Crippen LogP contribution < -0.4 is 9.80 Å². The topological polar surface area (TPSA) is 72.9 Å². The molecule has 0 aliphatic carbocycles. The Morgan fingerprint density at radius 2 is 1.02 bits per heavy atom. The number of thiophene rings is 2. The average Bonchev–Trinajstić information content (AvgIpc) is 3.84. The van der Waals surface area contributed by atoms with Gasteiger partial charge in [-0.3, -0.25) is 9.59 Å². The maximum Gasteiger partial charge on any atom is 0.223 e. The Kier molecular flexibility index (Phi) is 10.6. The van der Waals surface area contributed by atoms with Gasteiger partial charge in [-0.1, -0.05) is 12.1 Å². The SMILES string of the molecule is O=C(CCc1cccs1)N1CCN(c2nccs2)CC1.O=C(CCc1cccs1)N1CCN(c2nccs2)CC1. The van der Waals surface area contributed by atoms with Crippen LogP contribution in [0.3, 0.4) is 0 Å². The molecule has 0 bridgehead atoms. The predicted octanol–water partition coefficient (Wildman–Crippen LogP) is 4.97. The van der Waals surface area contributed by atoms with E-state index >= 15 is 0 Å². The Balaban J connectivity index is 0.000000161. The number of piperazine rings is 2. The summed E-state index contributed by atoms with van der Waals surface area (Å²) in [6.45, 7) is 6.78. The molecule has 6 rings (SSSR count). The molecule has 4 aromatic heterocycles. The van der Waals surface area contributed by atoms with Gasteiger partial charge in [0.2, 0.25) is 11.8 Å². The van der Waals surface area contributed by atoms with Crippen LogP contribution in [-0.4, -0.2) is 83.9 Å². The number of carbonyl (C=O) groups is 2. The zero-order chi connectivity index (χ0) is 27.6. The van der Waals surface area contributed by atoms with Crippen LogP contribution in [-0.2, 0) is 22.4 Å². The van der Waals surface area contributed by atoms with Gasteiger partial charge in [-0.25, -0.2) is 9.97 Å². The molecule has 2 aliphatic heterocycles. The smallest absolute Gasteiger partial charge is 0.223 e. The molecule has 8 nitrogen and oxygen atoms in total. The highest BCUT2D eigenvalue weighted by Gasteiger charge is 2.23. The number of amides is 2. The van der Waals surface area contributed by atoms with E-state index in [2.05, 4.69) is 42.7 Å². The first-order valence-corrected chi connectivity index (χ1v) is 17.1. The van der Waals surface area contributed by atoms with Crippen molar-refractivity contribution in [2.75, 3.05) is 62.2 Å². The Labute approximate surface area is 251 Å². The maximum atomic E-state index is 12.2. The lowest BCUT2D eigenvalue weighted by Gasteiger charge is -2.34. The largest absolute Gasteiger partial charge is 0.345 e. The number of carbonyl (C=O) groups excluding carboxylic acids is 2. The predicted molar refractivity (Wildman–Crippen MR) is 167 cm³/mol. The van der Waals surface area contributed by atoms with Crippen LogP contribution in [0, 0.1) is 0 Å². The van der Waals surface area contributed by atoms with Gasteiger partial charge in [0.25, 0.3) is 0 Å². The molecule has 2 amide bonds. The Morgan fingerprint density at radius 1 is 0.600 bits per heavy atom. The molecule has 2 aliphatic rings. The number of aryl methyl sites for hydroxylation is 2. The summed E-state index contributed by atoms with van der Waals surface area (Å²) < 4.78 is 0. The maximum absolute atomic E-state index is 12.2. The highest BCUT2D eigenvalue weighted by atomic mass is 32.1. The number of aromatic nitrogens is 2. The summed E-state index contributed by atoms with van der Waals surface area (Å²) in [4.78, 5) is 44.1. The van der Waals surface area contributed by atoms with Gasteiger partial charge in [0.15, 0.2) is 10.3 Å². The molecule has 4 aromatic rings. The van der Waals surface area contributed by atoms with Crippen molar-refractivity contribution in [3.05, 3.63) is 67.9 Å². The zero-order valence-electron chi connectivity index (χ0n) is 22.4. The van der Waals surface area contributed by atoms with Gasteiger partial charge < -0.3 is 19.6 Å². The second kappa shape index (κ2) is 14.7. The van der Waals surface area contributed by atoms with E-state index < -0.39 is 0 Å². The second-order valence-electron chi connectivity index (χ2n) is 9.52. The minimum atomic E-state index is 0.275. The van der Waals surface area contributed by atoms with E-state index in [0.29, 0.717) is 12.8 Å². The molecular weight excluding hydrogens is 581 g/mol. The Bertz CT molecular complexity index is 1160. The summed E-state index contributed by atoms with van der Waals surface area (Å²) in [5, 5.41) is 10.2. The molecule has 6 heterocycles. The lowest BCUT2D eigenvalue weighted by Crippen LogP contribution is -2.48. The van der Waals surface area contributed by atoms with Gasteiger partial charge in [-0.15, -0.1) is 45.3 Å². The van der Waals surface area contributed by atoms with E-state index in [4.69, 9.17) is 0 Å². The average molecular weight is 615 g/mol. The number of nitrogens with zero attached hydrogens (tertiary/aromatic N) is 6. The summed E-state index contributed by atoms with van der Waals surface area (Å²) >= 11 is 6.77. The lowest BCUT2D eigenvalue weighted by molar-refractivity contribution is -0.132. The molecule has 12 heteroatoms. The molecule has 0 unspecified atom stereocenters. The molecule has 0 saturated carbocycles. The van der Waals surface area contributed by atoms with E-state index in [1.165, 1.54) is 9.75 Å². The summed E-state index contributed by atoms with van der Waals surface area (Å²) in [6.07, 6.45) is 6.64. The number of rotatable bonds is 8. The first-order valence-electron chi connectivity index (χ1n) is 13.5. The minimum Gasteiger partial charge on any atom is -0.345 e. The number of hydrogen-bond donors (Lipinski definition) is 0. The monoisotopic (exact) mass is 614 g/mol. The molecule has 0 N–H and O–H groups in total. The van der Waals surface area contributed by atoms with Crippen molar-refractivity contribution < 1.29 is 9.59 Å². The van der Waals surface area contributed by atoms with Crippen LogP contribution in [0.25, 0.3) is 0 Å². The lowest BCUT2D eigenvalue weighted by atomic mass is 10.2. The minimum absolute atomic E-state index is 0.275. The Morgan fingerprint density at radius 3 is 1.35 bits per heavy atom. The highest BCUT2D eigenvalue weighted by molar-refractivity contribution is 7.14. The molecule has 0 aromatic carbocycles. The van der Waals surface area contributed by atoms with Crippen LogP contribution in [0.5, 0.6) is 0 Å². The van der Waals surface area contributed by atoms with E-state index in [1.54, 1.807) is 45.3 Å². The van der Waals surface area contributed by atoms with Gasteiger partial charge in [0.1, 0.15) is 0 Å². The zero-order valence-corrected chi connectivity index (χ0v) is 25.7. The standard InChI is InChI=1S/2C14H17N3OS2/c2*18-13(4-3-12-2-1-10-19-12)16-6-8-17(9-7-16)14-15-5-11-20-14/h2*1-2,5,10-11H,3-4,6-9H2. The van der Waals surface area contributed by atoms with E-state index in [9.17, 15) is 9.59 Å². The van der Waals surface area contributed by atoms with Crippen LogP contribution in [0.1, 0.15) is 22.6 Å². The first-order chi connectivity index (χ1) is 19.7. The van der Waals surface area contributed by atoms with Crippen LogP contribution in [0.15, 0.2) is 58.2 Å². The summed E-state index contributed by atoms with van der Waals surface area (Å²) in [7, 11) is 0. The second-order valence-corrected chi connectivity index (χ2v) is 13.3. The fraction of sp³-hybridized carbons (Fsp3) is 0.429. The third kappa shape index (κ3) is 8.12. The van der Waals surface area contributed by atoms with Crippen molar-refractivity contribution in [3.63, 3.8) is 0 Å². The third-order valence-electron chi connectivity index (χ3n) is 6.98. The summed E-state index contributed by atoms with van der Waals surface area (Å²) in [6, 6.07) is 8.27. The summed E-state index contributed by atoms with van der Waals surface area (Å²) in [5.74, 6) is 0.550. The quantitative estimate of drug-likeness (QED) is 0.279. The van der Waals surface area contributed by atoms with Crippen LogP contribution >= 0.6 is 45.3 Å². The molecule has 0 atom stereocenters. The molecular formula is C28H34N6O2S4. The highest BCUT2D eigenvalue weighted by Crippen LogP contribution is 2.21. The van der Waals surface area contributed by atoms with Crippen molar-refractivity contribution >= 4 is 67.4 Å². The molecule has 2 fully saturated rings. The first kappa shape index (κ1) is 28.7. The van der Waals surface area contributed by atoms with Crippen molar-refractivity contribution in [2.45, 2.75) is 25.7 Å². The molecule has 212 valence electrons. The Hall–Kier alpha value is -2.80.